The van der Waals surface area contributed by atoms with Crippen LogP contribution in [0.3, 0.4) is 0 Å². The zero-order valence-corrected chi connectivity index (χ0v) is 16.6. The van der Waals surface area contributed by atoms with Crippen molar-refractivity contribution in [1.82, 2.24) is 0 Å². The SMILES string of the molecule is CCCC(=O)Oc1c(-c2cccc(Br)c2)c2cc(C)c(Cl)cc2oc1=O. The van der Waals surface area contributed by atoms with Crippen LogP contribution in [0.1, 0.15) is 25.3 Å². The molecule has 1 heterocycles. The van der Waals surface area contributed by atoms with E-state index < -0.39 is 11.6 Å². The molecule has 0 amide bonds. The molecule has 26 heavy (non-hydrogen) atoms. The minimum absolute atomic E-state index is 0.101. The Labute approximate surface area is 163 Å². The highest BCUT2D eigenvalue weighted by Gasteiger charge is 2.21. The second-order valence-corrected chi connectivity index (χ2v) is 7.25. The molecule has 4 nitrogen and oxygen atoms in total. The van der Waals surface area contributed by atoms with Gasteiger partial charge in [-0.05, 0) is 42.7 Å². The summed E-state index contributed by atoms with van der Waals surface area (Å²) >= 11 is 9.61. The van der Waals surface area contributed by atoms with Crippen molar-refractivity contribution in [2.75, 3.05) is 0 Å². The van der Waals surface area contributed by atoms with E-state index in [0.717, 1.165) is 15.6 Å². The molecule has 0 aliphatic heterocycles. The van der Waals surface area contributed by atoms with Crippen molar-refractivity contribution in [3.63, 3.8) is 0 Å². The van der Waals surface area contributed by atoms with Gasteiger partial charge in [0.25, 0.3) is 0 Å². The number of carbonyl (C=O) groups is 1. The predicted octanol–water partition coefficient (Wildman–Crippen LogP) is 5.89. The number of hydrogen-bond donors (Lipinski definition) is 0. The van der Waals surface area contributed by atoms with Crippen molar-refractivity contribution in [1.29, 1.82) is 0 Å². The number of rotatable bonds is 4. The van der Waals surface area contributed by atoms with Gasteiger partial charge in [0.05, 0.1) is 0 Å². The number of benzene rings is 2. The lowest BCUT2D eigenvalue weighted by atomic mass is 9.99. The molecule has 0 saturated carbocycles. The molecule has 3 rings (SSSR count). The van der Waals surface area contributed by atoms with Gasteiger partial charge in [-0.15, -0.1) is 0 Å². The van der Waals surface area contributed by atoms with Crippen molar-refractivity contribution in [3.05, 3.63) is 61.9 Å². The summed E-state index contributed by atoms with van der Waals surface area (Å²) in [5.41, 5.74) is 1.71. The number of esters is 1. The Bertz CT molecular complexity index is 1060. The van der Waals surface area contributed by atoms with E-state index in [1.807, 2.05) is 44.2 Å². The van der Waals surface area contributed by atoms with Crippen LogP contribution < -0.4 is 10.4 Å². The molecular weight excluding hydrogens is 420 g/mol. The number of carbonyl (C=O) groups excluding carboxylic acids is 1. The fourth-order valence-electron chi connectivity index (χ4n) is 2.71. The summed E-state index contributed by atoms with van der Waals surface area (Å²) in [5, 5.41) is 1.15. The molecular formula is C20H16BrClO4. The monoisotopic (exact) mass is 434 g/mol. The van der Waals surface area contributed by atoms with Gasteiger partial charge in [-0.1, -0.05) is 46.6 Å². The van der Waals surface area contributed by atoms with Crippen molar-refractivity contribution < 1.29 is 13.9 Å². The maximum atomic E-state index is 12.5. The maximum absolute atomic E-state index is 12.5. The van der Waals surface area contributed by atoms with Crippen molar-refractivity contribution >= 4 is 44.5 Å². The summed E-state index contributed by atoms with van der Waals surface area (Å²) in [5.74, 6) is -0.572. The van der Waals surface area contributed by atoms with Crippen LogP contribution in [0.2, 0.25) is 5.02 Å². The average molecular weight is 436 g/mol. The van der Waals surface area contributed by atoms with E-state index in [1.54, 1.807) is 6.07 Å². The van der Waals surface area contributed by atoms with E-state index in [1.165, 1.54) is 0 Å². The van der Waals surface area contributed by atoms with Gasteiger partial charge < -0.3 is 9.15 Å². The minimum atomic E-state index is -0.711. The molecule has 134 valence electrons. The van der Waals surface area contributed by atoms with E-state index in [0.29, 0.717) is 28.0 Å². The lowest BCUT2D eigenvalue weighted by Gasteiger charge is -2.13. The van der Waals surface area contributed by atoms with Gasteiger partial charge in [-0.3, -0.25) is 4.79 Å². The summed E-state index contributed by atoms with van der Waals surface area (Å²) in [6, 6.07) is 10.9. The zero-order chi connectivity index (χ0) is 18.8. The van der Waals surface area contributed by atoms with Crippen LogP contribution in [-0.2, 0) is 4.79 Å². The highest BCUT2D eigenvalue weighted by Crippen LogP contribution is 2.37. The average Bonchev–Trinajstić information content (AvgIpc) is 2.58. The van der Waals surface area contributed by atoms with Gasteiger partial charge in [-0.25, -0.2) is 4.79 Å². The topological polar surface area (TPSA) is 56.5 Å². The molecule has 0 aliphatic carbocycles. The normalized spacial score (nSPS) is 10.9. The Morgan fingerprint density at radius 2 is 2.04 bits per heavy atom. The van der Waals surface area contributed by atoms with Crippen LogP contribution in [0, 0.1) is 6.92 Å². The first-order valence-electron chi connectivity index (χ1n) is 8.14. The number of aryl methyl sites for hydroxylation is 1. The Kier molecular flexibility index (Phi) is 5.49. The molecule has 0 unspecified atom stereocenters. The molecule has 0 atom stereocenters. The third kappa shape index (κ3) is 3.69. The first-order chi connectivity index (χ1) is 12.4. The molecule has 0 aliphatic rings. The lowest BCUT2D eigenvalue weighted by molar-refractivity contribution is -0.134. The molecule has 0 saturated heterocycles. The fraction of sp³-hybridized carbons (Fsp3) is 0.200. The number of halogens is 2. The summed E-state index contributed by atoms with van der Waals surface area (Å²) in [6.07, 6.45) is 0.841. The fourth-order valence-corrected chi connectivity index (χ4v) is 3.26. The molecule has 1 aromatic heterocycles. The summed E-state index contributed by atoms with van der Waals surface area (Å²) < 4.78 is 11.6. The second kappa shape index (κ2) is 7.64. The van der Waals surface area contributed by atoms with E-state index >= 15 is 0 Å². The number of fused-ring (bicyclic) bond motifs is 1. The highest BCUT2D eigenvalue weighted by molar-refractivity contribution is 9.10. The van der Waals surface area contributed by atoms with Gasteiger partial charge in [0, 0.05) is 32.9 Å². The highest BCUT2D eigenvalue weighted by atomic mass is 79.9. The van der Waals surface area contributed by atoms with Gasteiger partial charge >= 0.3 is 11.6 Å². The van der Waals surface area contributed by atoms with E-state index in [9.17, 15) is 9.59 Å². The van der Waals surface area contributed by atoms with Crippen LogP contribution in [0.15, 0.2) is 50.1 Å². The quantitative estimate of drug-likeness (QED) is 0.379. The van der Waals surface area contributed by atoms with E-state index in [2.05, 4.69) is 15.9 Å². The summed E-state index contributed by atoms with van der Waals surface area (Å²) in [6.45, 7) is 3.73. The Balaban J connectivity index is 2.36. The van der Waals surface area contributed by atoms with E-state index in [4.69, 9.17) is 20.8 Å². The van der Waals surface area contributed by atoms with Crippen LogP contribution in [0.4, 0.5) is 0 Å². The summed E-state index contributed by atoms with van der Waals surface area (Å²) in [4.78, 5) is 24.6. The molecule has 0 bridgehead atoms. The third-order valence-corrected chi connectivity index (χ3v) is 4.83. The minimum Gasteiger partial charge on any atom is -0.420 e. The van der Waals surface area contributed by atoms with E-state index in [-0.39, 0.29) is 12.2 Å². The van der Waals surface area contributed by atoms with Gasteiger partial charge in [0.2, 0.25) is 5.75 Å². The first kappa shape index (κ1) is 18.7. The second-order valence-electron chi connectivity index (χ2n) is 5.93. The largest absolute Gasteiger partial charge is 0.420 e. The first-order valence-corrected chi connectivity index (χ1v) is 9.31. The molecule has 0 fully saturated rings. The maximum Gasteiger partial charge on any atom is 0.380 e. The lowest BCUT2D eigenvalue weighted by Crippen LogP contribution is -2.15. The van der Waals surface area contributed by atoms with Crippen LogP contribution in [0.5, 0.6) is 5.75 Å². The van der Waals surface area contributed by atoms with Crippen molar-refractivity contribution in [2.24, 2.45) is 0 Å². The van der Waals surface area contributed by atoms with Crippen molar-refractivity contribution in [3.8, 4) is 16.9 Å². The van der Waals surface area contributed by atoms with Crippen LogP contribution in [0.25, 0.3) is 22.1 Å². The molecule has 0 spiro atoms. The number of ether oxygens (including phenoxy) is 1. The van der Waals surface area contributed by atoms with Crippen LogP contribution in [-0.4, -0.2) is 5.97 Å². The standard InChI is InChI=1S/C20H16BrClO4/c1-3-5-17(23)26-19-18(12-6-4-7-13(21)9-12)14-8-11(2)15(22)10-16(14)25-20(19)24/h4,6-10H,3,5H2,1-2H3. The summed E-state index contributed by atoms with van der Waals surface area (Å²) in [7, 11) is 0. The molecule has 3 aromatic rings. The van der Waals surface area contributed by atoms with Crippen LogP contribution >= 0.6 is 27.5 Å². The molecule has 0 N–H and O–H groups in total. The van der Waals surface area contributed by atoms with Crippen molar-refractivity contribution in [2.45, 2.75) is 26.7 Å². The third-order valence-electron chi connectivity index (χ3n) is 3.93. The van der Waals surface area contributed by atoms with Gasteiger partial charge in [-0.2, -0.15) is 0 Å². The van der Waals surface area contributed by atoms with Gasteiger partial charge in [0.15, 0.2) is 0 Å². The Hall–Kier alpha value is -2.11. The molecule has 2 aromatic carbocycles. The molecule has 0 radical (unpaired) electrons. The smallest absolute Gasteiger partial charge is 0.380 e. The molecule has 6 heteroatoms. The number of hydrogen-bond acceptors (Lipinski definition) is 4. The van der Waals surface area contributed by atoms with Gasteiger partial charge in [0.1, 0.15) is 5.58 Å². The Morgan fingerprint density at radius 1 is 1.27 bits per heavy atom. The predicted molar refractivity (Wildman–Crippen MR) is 106 cm³/mol. The zero-order valence-electron chi connectivity index (χ0n) is 14.3. The Morgan fingerprint density at radius 3 is 2.73 bits per heavy atom.